The second kappa shape index (κ2) is 6.12. The zero-order valence-corrected chi connectivity index (χ0v) is 15.1. The minimum absolute atomic E-state index is 0.641. The summed E-state index contributed by atoms with van der Waals surface area (Å²) < 4.78 is 1.14. The van der Waals surface area contributed by atoms with Crippen molar-refractivity contribution in [1.29, 1.82) is 0 Å². The van der Waals surface area contributed by atoms with E-state index in [9.17, 15) is 10.2 Å². The summed E-state index contributed by atoms with van der Waals surface area (Å²) in [4.78, 5) is 0. The van der Waals surface area contributed by atoms with Crippen LogP contribution < -0.4 is 0 Å². The first-order valence-corrected chi connectivity index (χ1v) is 9.26. The summed E-state index contributed by atoms with van der Waals surface area (Å²) >= 11 is 1.30. The third kappa shape index (κ3) is 3.05. The zero-order chi connectivity index (χ0) is 17.6. The Kier molecular flexibility index (Phi) is 4.06. The zero-order valence-electron chi connectivity index (χ0n) is 14.3. The molecule has 0 bridgehead atoms. The minimum Gasteiger partial charge on any atom is -0.367 e. The summed E-state index contributed by atoms with van der Waals surface area (Å²) in [6.07, 6.45) is 2.76. The van der Waals surface area contributed by atoms with Crippen molar-refractivity contribution in [2.24, 2.45) is 0 Å². The Balaban J connectivity index is 1.82. The van der Waals surface area contributed by atoms with E-state index in [4.69, 9.17) is 0 Å². The monoisotopic (exact) mass is 355 g/mol. The first kappa shape index (κ1) is 16.6. The molecule has 1 aromatic heterocycles. The van der Waals surface area contributed by atoms with Crippen molar-refractivity contribution in [2.75, 3.05) is 0 Å². The van der Waals surface area contributed by atoms with Crippen LogP contribution in [0.4, 0.5) is 0 Å². The van der Waals surface area contributed by atoms with Crippen molar-refractivity contribution in [3.05, 3.63) is 48.3 Å². The molecular weight excluding hydrogens is 334 g/mol. The number of hydrogen-bond acceptors (Lipinski definition) is 5. The normalized spacial score (nSPS) is 15.2. The van der Waals surface area contributed by atoms with Gasteiger partial charge in [0.05, 0.1) is 10.4 Å². The lowest BCUT2D eigenvalue weighted by atomic mass is 9.99. The smallest absolute Gasteiger partial charge is 0.196 e. The molecule has 1 aliphatic carbocycles. The Morgan fingerprint density at radius 2 is 1.84 bits per heavy atom. The van der Waals surface area contributed by atoms with Gasteiger partial charge in [0.15, 0.2) is 11.4 Å². The van der Waals surface area contributed by atoms with E-state index in [-0.39, 0.29) is 0 Å². The number of thioether (sulfide) groups is 1. The lowest BCUT2D eigenvalue weighted by Gasteiger charge is -2.25. The Hall–Kier alpha value is -1.89. The lowest BCUT2D eigenvalue weighted by Crippen LogP contribution is -2.32. The summed E-state index contributed by atoms with van der Waals surface area (Å²) in [7, 11) is 0. The van der Waals surface area contributed by atoms with Gasteiger partial charge in [0.1, 0.15) is 6.33 Å². The minimum atomic E-state index is -1.45. The molecule has 0 saturated heterocycles. The van der Waals surface area contributed by atoms with Gasteiger partial charge in [-0.2, -0.15) is 0 Å². The number of benzene rings is 2. The summed E-state index contributed by atoms with van der Waals surface area (Å²) in [5, 5.41) is 30.5. The van der Waals surface area contributed by atoms with Crippen LogP contribution in [0.2, 0.25) is 0 Å². The molecule has 4 rings (SSSR count). The number of aliphatic hydroxyl groups is 2. The summed E-state index contributed by atoms with van der Waals surface area (Å²) in [6, 6.07) is 12.7. The summed E-state index contributed by atoms with van der Waals surface area (Å²) in [5.41, 5.74) is 2.42. The quantitative estimate of drug-likeness (QED) is 0.542. The first-order valence-electron chi connectivity index (χ1n) is 8.44. The highest BCUT2D eigenvalue weighted by atomic mass is 32.2. The maximum atomic E-state index is 9.59. The molecular formula is C19H21N3O2S. The van der Waals surface area contributed by atoms with Gasteiger partial charge >= 0.3 is 0 Å². The van der Waals surface area contributed by atoms with E-state index in [2.05, 4.69) is 40.5 Å². The number of nitrogens with zero attached hydrogens (tertiary/aromatic N) is 3. The first-order chi connectivity index (χ1) is 12.0. The van der Waals surface area contributed by atoms with Crippen LogP contribution in [0, 0.1) is 0 Å². The molecule has 1 heterocycles. The maximum Gasteiger partial charge on any atom is 0.196 e. The molecule has 0 spiro atoms. The molecule has 1 saturated carbocycles. The van der Waals surface area contributed by atoms with Crippen molar-refractivity contribution < 1.29 is 10.2 Å². The van der Waals surface area contributed by atoms with E-state index in [1.165, 1.54) is 35.6 Å². The predicted molar refractivity (Wildman–Crippen MR) is 99.0 cm³/mol. The number of aromatic nitrogens is 3. The van der Waals surface area contributed by atoms with Gasteiger partial charge in [-0.15, -0.1) is 10.2 Å². The molecule has 2 aromatic carbocycles. The van der Waals surface area contributed by atoms with Gasteiger partial charge in [0, 0.05) is 5.39 Å². The Morgan fingerprint density at radius 1 is 1.12 bits per heavy atom. The van der Waals surface area contributed by atoms with Crippen molar-refractivity contribution in [3.63, 3.8) is 0 Å². The van der Waals surface area contributed by atoms with E-state index >= 15 is 0 Å². The number of rotatable bonds is 5. The predicted octanol–water partition coefficient (Wildman–Crippen LogP) is 3.48. The van der Waals surface area contributed by atoms with E-state index in [0.717, 1.165) is 11.1 Å². The third-order valence-corrected chi connectivity index (χ3v) is 5.90. The fourth-order valence-electron chi connectivity index (χ4n) is 3.01. The standard InChI is InChI=1S/C19H21N3O2S/c1-19(2,17(23)24)25-18-21-20-11-22(18)16-10-9-13(12-7-8-12)14-5-3-4-6-15(14)16/h3-6,9-12,17,23-24H,7-8H2,1-2H3. The highest BCUT2D eigenvalue weighted by Gasteiger charge is 2.30. The van der Waals surface area contributed by atoms with Crippen molar-refractivity contribution in [2.45, 2.75) is 48.8 Å². The molecule has 0 amide bonds. The van der Waals surface area contributed by atoms with Gasteiger partial charge in [-0.3, -0.25) is 4.57 Å². The van der Waals surface area contributed by atoms with E-state index in [1.807, 2.05) is 10.6 Å². The Bertz CT molecular complexity index is 916. The SMILES string of the molecule is CC(C)(Sc1nncn1-c1ccc(C2CC2)c2ccccc12)C(O)O. The van der Waals surface area contributed by atoms with E-state index < -0.39 is 11.0 Å². The average Bonchev–Trinajstić information content (AvgIpc) is 3.34. The summed E-state index contributed by atoms with van der Waals surface area (Å²) in [5.74, 6) is 0.678. The largest absolute Gasteiger partial charge is 0.367 e. The maximum absolute atomic E-state index is 9.59. The van der Waals surface area contributed by atoms with Gasteiger partial charge < -0.3 is 10.2 Å². The van der Waals surface area contributed by atoms with Gasteiger partial charge in [-0.05, 0) is 49.6 Å². The molecule has 0 radical (unpaired) electrons. The van der Waals surface area contributed by atoms with Gasteiger partial charge in [-0.1, -0.05) is 42.1 Å². The molecule has 25 heavy (non-hydrogen) atoms. The van der Waals surface area contributed by atoms with Crippen LogP contribution in [-0.4, -0.2) is 36.0 Å². The van der Waals surface area contributed by atoms with Crippen LogP contribution in [0.5, 0.6) is 0 Å². The third-order valence-electron chi connectivity index (χ3n) is 4.70. The van der Waals surface area contributed by atoms with Crippen LogP contribution in [0.25, 0.3) is 16.5 Å². The number of fused-ring (bicyclic) bond motifs is 1. The van der Waals surface area contributed by atoms with Crippen LogP contribution in [0.3, 0.4) is 0 Å². The molecule has 2 N–H and O–H groups in total. The number of hydrogen-bond donors (Lipinski definition) is 2. The molecule has 1 fully saturated rings. The second-order valence-electron chi connectivity index (χ2n) is 7.06. The van der Waals surface area contributed by atoms with Gasteiger partial charge in [-0.25, -0.2) is 0 Å². The fraction of sp³-hybridized carbons (Fsp3) is 0.368. The van der Waals surface area contributed by atoms with Crippen molar-refractivity contribution in [3.8, 4) is 5.69 Å². The molecule has 0 atom stereocenters. The van der Waals surface area contributed by atoms with Crippen LogP contribution in [0.1, 0.15) is 38.2 Å². The molecule has 130 valence electrons. The van der Waals surface area contributed by atoms with Crippen LogP contribution >= 0.6 is 11.8 Å². The summed E-state index contributed by atoms with van der Waals surface area (Å²) in [6.45, 7) is 3.55. The molecule has 1 aliphatic rings. The Labute approximate surface area is 150 Å². The van der Waals surface area contributed by atoms with Crippen LogP contribution in [-0.2, 0) is 0 Å². The highest BCUT2D eigenvalue weighted by Crippen LogP contribution is 2.44. The van der Waals surface area contributed by atoms with Gasteiger partial charge in [0.2, 0.25) is 0 Å². The molecule has 6 heteroatoms. The molecule has 5 nitrogen and oxygen atoms in total. The molecule has 3 aromatic rings. The Morgan fingerprint density at radius 3 is 2.52 bits per heavy atom. The lowest BCUT2D eigenvalue weighted by molar-refractivity contribution is -0.0606. The van der Waals surface area contributed by atoms with E-state index in [0.29, 0.717) is 11.1 Å². The fourth-order valence-corrected chi connectivity index (χ4v) is 3.92. The van der Waals surface area contributed by atoms with Gasteiger partial charge in [0.25, 0.3) is 0 Å². The van der Waals surface area contributed by atoms with Crippen LogP contribution in [0.15, 0.2) is 47.9 Å². The number of aliphatic hydroxyl groups excluding tert-OH is 1. The topological polar surface area (TPSA) is 71.2 Å². The van der Waals surface area contributed by atoms with Crippen molar-refractivity contribution >= 4 is 22.5 Å². The molecule has 0 unspecified atom stereocenters. The average molecular weight is 355 g/mol. The highest BCUT2D eigenvalue weighted by molar-refractivity contribution is 8.00. The second-order valence-corrected chi connectivity index (χ2v) is 8.68. The molecule has 0 aliphatic heterocycles. The van der Waals surface area contributed by atoms with E-state index in [1.54, 1.807) is 20.2 Å². The van der Waals surface area contributed by atoms with Crippen molar-refractivity contribution in [1.82, 2.24) is 14.8 Å².